The van der Waals surface area contributed by atoms with Gasteiger partial charge in [-0.15, -0.1) is 0 Å². The quantitative estimate of drug-likeness (QED) is 0.219. The summed E-state index contributed by atoms with van der Waals surface area (Å²) in [6.45, 7) is 0.755. The Bertz CT molecular complexity index is 1100. The van der Waals surface area contributed by atoms with Crippen LogP contribution in [0.15, 0.2) is 96.8 Å². The Balaban J connectivity index is 1.81. The molecule has 0 spiro atoms. The standard InChI is InChI=1S/C23H15Br4N/c24-18-7-9-22(20(26)12-18)28(23-10-8-19(25)13-21(23)27)14-15-5-6-16-3-1-2-4-17(16)11-15/h1-13H,14H2. The van der Waals surface area contributed by atoms with Crippen molar-refractivity contribution >= 4 is 85.9 Å². The van der Waals surface area contributed by atoms with Gasteiger partial charge >= 0.3 is 0 Å². The second-order valence-corrected chi connectivity index (χ2v) is 10.00. The molecule has 4 aromatic rings. The lowest BCUT2D eigenvalue weighted by Gasteiger charge is -2.28. The minimum Gasteiger partial charge on any atom is -0.335 e. The number of nitrogens with zero attached hydrogens (tertiary/aromatic N) is 1. The van der Waals surface area contributed by atoms with Crippen molar-refractivity contribution in [1.29, 1.82) is 0 Å². The number of fused-ring (bicyclic) bond motifs is 1. The van der Waals surface area contributed by atoms with E-state index in [1.807, 2.05) is 0 Å². The van der Waals surface area contributed by atoms with Crippen molar-refractivity contribution in [2.45, 2.75) is 6.54 Å². The molecule has 0 fully saturated rings. The summed E-state index contributed by atoms with van der Waals surface area (Å²) in [7, 11) is 0. The summed E-state index contributed by atoms with van der Waals surface area (Å²) < 4.78 is 4.17. The Kier molecular flexibility index (Phi) is 6.26. The first kappa shape index (κ1) is 20.1. The highest BCUT2D eigenvalue weighted by Crippen LogP contribution is 2.39. The number of benzene rings is 4. The van der Waals surface area contributed by atoms with Crippen LogP contribution in [0.2, 0.25) is 0 Å². The molecule has 0 aliphatic heterocycles. The molecule has 0 radical (unpaired) electrons. The van der Waals surface area contributed by atoms with Crippen LogP contribution in [0, 0.1) is 0 Å². The van der Waals surface area contributed by atoms with Gasteiger partial charge in [0.15, 0.2) is 0 Å². The zero-order valence-corrected chi connectivity index (χ0v) is 21.0. The monoisotopic (exact) mass is 621 g/mol. The fourth-order valence-electron chi connectivity index (χ4n) is 3.22. The second-order valence-electron chi connectivity index (χ2n) is 6.46. The molecule has 0 heterocycles. The molecule has 0 saturated heterocycles. The smallest absolute Gasteiger partial charge is 0.0559 e. The topological polar surface area (TPSA) is 3.24 Å². The molecule has 4 aromatic carbocycles. The molecular weight excluding hydrogens is 610 g/mol. The minimum atomic E-state index is 0.755. The van der Waals surface area contributed by atoms with Crippen molar-refractivity contribution < 1.29 is 0 Å². The molecule has 140 valence electrons. The van der Waals surface area contributed by atoms with Crippen LogP contribution >= 0.6 is 63.7 Å². The fraction of sp³-hybridized carbons (Fsp3) is 0.0435. The third kappa shape index (κ3) is 4.38. The van der Waals surface area contributed by atoms with Gasteiger partial charge in [0, 0.05) is 24.4 Å². The SMILES string of the molecule is Brc1ccc(N(Cc2ccc3ccccc3c2)c2ccc(Br)cc2Br)c(Br)c1. The molecule has 0 aromatic heterocycles. The molecular formula is C23H15Br4N. The normalized spacial score (nSPS) is 11.0. The summed E-state index contributed by atoms with van der Waals surface area (Å²) >= 11 is 14.6. The number of halogens is 4. The van der Waals surface area contributed by atoms with Gasteiger partial charge in [-0.2, -0.15) is 0 Å². The van der Waals surface area contributed by atoms with E-state index in [9.17, 15) is 0 Å². The zero-order chi connectivity index (χ0) is 19.7. The number of rotatable bonds is 4. The first-order valence-corrected chi connectivity index (χ1v) is 11.8. The van der Waals surface area contributed by atoms with Crippen LogP contribution in [0.5, 0.6) is 0 Å². The average molecular weight is 625 g/mol. The molecule has 28 heavy (non-hydrogen) atoms. The van der Waals surface area contributed by atoms with Gasteiger partial charge in [-0.05, 0) is 90.7 Å². The maximum absolute atomic E-state index is 3.74. The first-order chi connectivity index (χ1) is 13.5. The van der Waals surface area contributed by atoms with Crippen molar-refractivity contribution in [2.75, 3.05) is 4.90 Å². The van der Waals surface area contributed by atoms with Crippen LogP contribution in [-0.2, 0) is 6.54 Å². The summed E-state index contributed by atoms with van der Waals surface area (Å²) in [6.07, 6.45) is 0. The largest absolute Gasteiger partial charge is 0.335 e. The third-order valence-corrected chi connectivity index (χ3v) is 6.81. The van der Waals surface area contributed by atoms with E-state index in [2.05, 4.69) is 147 Å². The van der Waals surface area contributed by atoms with Gasteiger partial charge in [-0.3, -0.25) is 0 Å². The van der Waals surface area contributed by atoms with E-state index in [1.54, 1.807) is 0 Å². The van der Waals surface area contributed by atoms with Crippen LogP contribution in [-0.4, -0.2) is 0 Å². The summed E-state index contributed by atoms with van der Waals surface area (Å²) in [4.78, 5) is 2.32. The van der Waals surface area contributed by atoms with E-state index < -0.39 is 0 Å². The molecule has 0 bridgehead atoms. The summed E-state index contributed by atoms with van der Waals surface area (Å²) in [5, 5.41) is 2.51. The number of hydrogen-bond donors (Lipinski definition) is 0. The molecule has 1 nitrogen and oxygen atoms in total. The molecule has 0 unspecified atom stereocenters. The molecule has 0 aliphatic carbocycles. The number of anilines is 2. The molecule has 0 saturated carbocycles. The summed E-state index contributed by atoms with van der Waals surface area (Å²) in [5.41, 5.74) is 3.47. The van der Waals surface area contributed by atoms with E-state index in [4.69, 9.17) is 0 Å². The van der Waals surface area contributed by atoms with Crippen LogP contribution < -0.4 is 4.90 Å². The molecule has 0 N–H and O–H groups in total. The van der Waals surface area contributed by atoms with Crippen molar-refractivity contribution in [1.82, 2.24) is 0 Å². The van der Waals surface area contributed by atoms with Crippen LogP contribution in [0.3, 0.4) is 0 Å². The Labute approximate surface area is 198 Å². The fourth-order valence-corrected chi connectivity index (χ4v) is 5.74. The predicted molar refractivity (Wildman–Crippen MR) is 133 cm³/mol. The van der Waals surface area contributed by atoms with E-state index in [1.165, 1.54) is 16.3 Å². The van der Waals surface area contributed by atoms with Gasteiger partial charge in [0.1, 0.15) is 0 Å². The zero-order valence-electron chi connectivity index (χ0n) is 14.7. The van der Waals surface area contributed by atoms with Crippen LogP contribution in [0.25, 0.3) is 10.8 Å². The summed E-state index contributed by atoms with van der Waals surface area (Å²) in [5.74, 6) is 0. The predicted octanol–water partition coefficient (Wildman–Crippen LogP) is 9.23. The van der Waals surface area contributed by atoms with E-state index in [0.29, 0.717) is 0 Å². The Morgan fingerprint density at radius 3 is 1.71 bits per heavy atom. The van der Waals surface area contributed by atoms with Crippen LogP contribution in [0.4, 0.5) is 11.4 Å². The minimum absolute atomic E-state index is 0.755. The van der Waals surface area contributed by atoms with Gasteiger partial charge in [0.2, 0.25) is 0 Å². The molecule has 4 rings (SSSR count). The Morgan fingerprint density at radius 1 is 0.571 bits per heavy atom. The average Bonchev–Trinajstić information content (AvgIpc) is 2.67. The maximum Gasteiger partial charge on any atom is 0.0559 e. The highest BCUT2D eigenvalue weighted by atomic mass is 79.9. The molecule has 0 amide bonds. The van der Waals surface area contributed by atoms with Crippen molar-refractivity contribution in [3.05, 3.63) is 102 Å². The van der Waals surface area contributed by atoms with Gasteiger partial charge in [-0.25, -0.2) is 0 Å². The van der Waals surface area contributed by atoms with E-state index in [-0.39, 0.29) is 0 Å². The molecule has 0 aliphatic rings. The lowest BCUT2D eigenvalue weighted by atomic mass is 10.1. The van der Waals surface area contributed by atoms with E-state index in [0.717, 1.165) is 35.8 Å². The van der Waals surface area contributed by atoms with Crippen molar-refractivity contribution in [2.24, 2.45) is 0 Å². The lowest BCUT2D eigenvalue weighted by molar-refractivity contribution is 0.970. The lowest BCUT2D eigenvalue weighted by Crippen LogP contribution is -2.17. The molecule has 0 atom stereocenters. The first-order valence-electron chi connectivity index (χ1n) is 8.66. The van der Waals surface area contributed by atoms with Crippen LogP contribution in [0.1, 0.15) is 5.56 Å². The Hall–Kier alpha value is -1.14. The third-order valence-electron chi connectivity index (χ3n) is 4.56. The highest BCUT2D eigenvalue weighted by Gasteiger charge is 2.17. The van der Waals surface area contributed by atoms with Gasteiger partial charge in [0.25, 0.3) is 0 Å². The van der Waals surface area contributed by atoms with Crippen molar-refractivity contribution in [3.8, 4) is 0 Å². The maximum atomic E-state index is 3.74. The van der Waals surface area contributed by atoms with Crippen molar-refractivity contribution in [3.63, 3.8) is 0 Å². The van der Waals surface area contributed by atoms with Gasteiger partial charge < -0.3 is 4.90 Å². The van der Waals surface area contributed by atoms with Gasteiger partial charge in [0.05, 0.1) is 11.4 Å². The Morgan fingerprint density at radius 2 is 1.14 bits per heavy atom. The van der Waals surface area contributed by atoms with Gasteiger partial charge in [-0.1, -0.05) is 68.3 Å². The second kappa shape index (κ2) is 8.70. The summed E-state index contributed by atoms with van der Waals surface area (Å²) in [6, 6.07) is 27.7. The van der Waals surface area contributed by atoms with E-state index >= 15 is 0 Å². The number of hydrogen-bond acceptors (Lipinski definition) is 1. The molecule has 5 heteroatoms. The highest BCUT2D eigenvalue weighted by molar-refractivity contribution is 9.11.